The highest BCUT2D eigenvalue weighted by Crippen LogP contribution is 2.18. The van der Waals surface area contributed by atoms with Gasteiger partial charge in [0.1, 0.15) is 11.9 Å². The Hall–Kier alpha value is -2.91. The molecule has 0 saturated carbocycles. The van der Waals surface area contributed by atoms with Crippen molar-refractivity contribution in [2.75, 3.05) is 32.5 Å². The van der Waals surface area contributed by atoms with Crippen molar-refractivity contribution >= 4 is 17.4 Å². The second-order valence-corrected chi connectivity index (χ2v) is 5.63. The lowest BCUT2D eigenvalue weighted by atomic mass is 10.2. The van der Waals surface area contributed by atoms with E-state index in [1.54, 1.807) is 24.3 Å². The molecule has 1 aromatic carbocycles. The van der Waals surface area contributed by atoms with Crippen LogP contribution in [0.25, 0.3) is 0 Å². The molecule has 124 valence electrons. The van der Waals surface area contributed by atoms with Crippen molar-refractivity contribution < 1.29 is 4.79 Å². The summed E-state index contributed by atoms with van der Waals surface area (Å²) in [5.41, 5.74) is 1.74. The molecule has 0 aliphatic rings. The van der Waals surface area contributed by atoms with Crippen molar-refractivity contribution in [2.45, 2.75) is 6.42 Å². The molecule has 0 atom stereocenters. The molecule has 0 bridgehead atoms. The van der Waals surface area contributed by atoms with Gasteiger partial charge in [-0.1, -0.05) is 12.1 Å². The van der Waals surface area contributed by atoms with Crippen molar-refractivity contribution in [1.82, 2.24) is 15.2 Å². The Balaban J connectivity index is 1.93. The molecule has 0 spiro atoms. The summed E-state index contributed by atoms with van der Waals surface area (Å²) in [6.07, 6.45) is 2.43. The zero-order valence-electron chi connectivity index (χ0n) is 13.9. The third-order valence-electron chi connectivity index (χ3n) is 3.40. The molecule has 0 fully saturated rings. The predicted molar refractivity (Wildman–Crippen MR) is 94.2 cm³/mol. The van der Waals surface area contributed by atoms with Gasteiger partial charge in [0.2, 0.25) is 0 Å². The molecule has 0 radical (unpaired) electrons. The Morgan fingerprint density at radius 3 is 2.71 bits per heavy atom. The summed E-state index contributed by atoms with van der Waals surface area (Å²) in [5.74, 6) is 0.451. The number of aromatic nitrogens is 1. The second kappa shape index (κ2) is 8.65. The van der Waals surface area contributed by atoms with E-state index in [0.717, 1.165) is 13.0 Å². The Labute approximate surface area is 142 Å². The number of para-hydroxylation sites is 1. The van der Waals surface area contributed by atoms with E-state index in [2.05, 4.69) is 26.6 Å². The SMILES string of the molecule is CN(C)CCCNC(=O)c1ccc(Nc2ccccc2C#N)nc1. The van der Waals surface area contributed by atoms with E-state index in [0.29, 0.717) is 29.2 Å². The quantitative estimate of drug-likeness (QED) is 0.765. The molecule has 0 aliphatic carbocycles. The molecule has 0 aliphatic heterocycles. The van der Waals surface area contributed by atoms with Gasteiger partial charge >= 0.3 is 0 Å². The number of amides is 1. The van der Waals surface area contributed by atoms with Crippen molar-refractivity contribution in [3.05, 3.63) is 53.7 Å². The molecule has 1 aromatic heterocycles. The van der Waals surface area contributed by atoms with E-state index in [1.807, 2.05) is 26.2 Å². The first-order valence-electron chi connectivity index (χ1n) is 7.75. The highest BCUT2D eigenvalue weighted by molar-refractivity contribution is 5.94. The minimum absolute atomic E-state index is 0.134. The van der Waals surface area contributed by atoms with Gasteiger partial charge in [-0.15, -0.1) is 0 Å². The number of carbonyl (C=O) groups excluding carboxylic acids is 1. The van der Waals surface area contributed by atoms with Crippen LogP contribution >= 0.6 is 0 Å². The van der Waals surface area contributed by atoms with Gasteiger partial charge in [0, 0.05) is 12.7 Å². The fourth-order valence-corrected chi connectivity index (χ4v) is 2.13. The number of hydrogen-bond donors (Lipinski definition) is 2. The minimum atomic E-state index is -0.134. The highest BCUT2D eigenvalue weighted by atomic mass is 16.1. The van der Waals surface area contributed by atoms with Crippen LogP contribution in [0.5, 0.6) is 0 Å². The van der Waals surface area contributed by atoms with Gasteiger partial charge in [-0.25, -0.2) is 4.98 Å². The van der Waals surface area contributed by atoms with Crippen molar-refractivity contribution in [3.63, 3.8) is 0 Å². The first-order valence-corrected chi connectivity index (χ1v) is 7.75. The molecule has 2 N–H and O–H groups in total. The maximum Gasteiger partial charge on any atom is 0.252 e. The first-order chi connectivity index (χ1) is 11.6. The number of nitriles is 1. The van der Waals surface area contributed by atoms with Crippen LogP contribution in [0, 0.1) is 11.3 Å². The van der Waals surface area contributed by atoms with Crippen LogP contribution in [-0.2, 0) is 0 Å². The summed E-state index contributed by atoms with van der Waals surface area (Å²) in [5, 5.41) is 15.0. The Kier molecular flexibility index (Phi) is 6.29. The van der Waals surface area contributed by atoms with E-state index < -0.39 is 0 Å². The number of benzene rings is 1. The van der Waals surface area contributed by atoms with Gasteiger partial charge in [-0.05, 0) is 51.3 Å². The third kappa shape index (κ3) is 5.07. The number of carbonyl (C=O) groups is 1. The fourth-order valence-electron chi connectivity index (χ4n) is 2.13. The van der Waals surface area contributed by atoms with Crippen LogP contribution in [0.3, 0.4) is 0 Å². The largest absolute Gasteiger partial charge is 0.352 e. The molecule has 2 rings (SSSR count). The topological polar surface area (TPSA) is 81.0 Å². The summed E-state index contributed by atoms with van der Waals surface area (Å²) in [4.78, 5) is 18.3. The van der Waals surface area contributed by atoms with Gasteiger partial charge in [-0.3, -0.25) is 4.79 Å². The summed E-state index contributed by atoms with van der Waals surface area (Å²) in [6.45, 7) is 1.56. The second-order valence-electron chi connectivity index (χ2n) is 5.63. The van der Waals surface area contributed by atoms with Gasteiger partial charge < -0.3 is 15.5 Å². The number of nitrogens with one attached hydrogen (secondary N) is 2. The molecule has 1 amide bonds. The van der Waals surface area contributed by atoms with Crippen LogP contribution in [0.2, 0.25) is 0 Å². The maximum atomic E-state index is 12.0. The number of hydrogen-bond acceptors (Lipinski definition) is 5. The number of anilines is 2. The van der Waals surface area contributed by atoms with Crippen LogP contribution in [-0.4, -0.2) is 43.0 Å². The molecular weight excluding hydrogens is 302 g/mol. The monoisotopic (exact) mass is 323 g/mol. The summed E-state index contributed by atoms with van der Waals surface area (Å²) in [6, 6.07) is 12.8. The predicted octanol–water partition coefficient (Wildman–Crippen LogP) is 2.38. The lowest BCUT2D eigenvalue weighted by molar-refractivity contribution is 0.0952. The lowest BCUT2D eigenvalue weighted by Gasteiger charge is -2.10. The van der Waals surface area contributed by atoms with Crippen LogP contribution in [0.4, 0.5) is 11.5 Å². The summed E-state index contributed by atoms with van der Waals surface area (Å²) in [7, 11) is 4.00. The minimum Gasteiger partial charge on any atom is -0.352 e. The highest BCUT2D eigenvalue weighted by Gasteiger charge is 2.07. The molecular formula is C18H21N5O. The van der Waals surface area contributed by atoms with Crippen molar-refractivity contribution in [3.8, 4) is 6.07 Å². The van der Waals surface area contributed by atoms with Crippen LogP contribution < -0.4 is 10.6 Å². The molecule has 6 heteroatoms. The average molecular weight is 323 g/mol. The molecule has 0 unspecified atom stereocenters. The zero-order valence-corrected chi connectivity index (χ0v) is 13.9. The van der Waals surface area contributed by atoms with E-state index in [9.17, 15) is 4.79 Å². The fraction of sp³-hybridized carbons (Fsp3) is 0.278. The Morgan fingerprint density at radius 2 is 2.04 bits per heavy atom. The Bertz CT molecular complexity index is 719. The Morgan fingerprint density at radius 1 is 1.25 bits per heavy atom. The molecule has 0 saturated heterocycles. The van der Waals surface area contributed by atoms with Gasteiger partial charge in [0.15, 0.2) is 0 Å². The standard InChI is InChI=1S/C18H21N5O/c1-23(2)11-5-10-20-18(24)15-8-9-17(21-13-15)22-16-7-4-3-6-14(16)12-19/h3-4,6-9,13H,5,10-11H2,1-2H3,(H,20,24)(H,21,22). The van der Waals surface area contributed by atoms with Crippen LogP contribution in [0.1, 0.15) is 22.3 Å². The van der Waals surface area contributed by atoms with Crippen LogP contribution in [0.15, 0.2) is 42.6 Å². The molecule has 24 heavy (non-hydrogen) atoms. The normalized spacial score (nSPS) is 10.2. The van der Waals surface area contributed by atoms with Gasteiger partial charge in [0.05, 0.1) is 16.8 Å². The summed E-state index contributed by atoms with van der Waals surface area (Å²) < 4.78 is 0. The van der Waals surface area contributed by atoms with E-state index in [-0.39, 0.29) is 5.91 Å². The van der Waals surface area contributed by atoms with Gasteiger partial charge in [0.25, 0.3) is 5.91 Å². The smallest absolute Gasteiger partial charge is 0.252 e. The summed E-state index contributed by atoms with van der Waals surface area (Å²) >= 11 is 0. The average Bonchev–Trinajstić information content (AvgIpc) is 2.59. The molecule has 2 aromatic rings. The number of rotatable bonds is 7. The van der Waals surface area contributed by atoms with E-state index in [1.165, 1.54) is 6.20 Å². The first kappa shape index (κ1) is 17.4. The molecule has 1 heterocycles. The van der Waals surface area contributed by atoms with Crippen molar-refractivity contribution in [2.24, 2.45) is 0 Å². The van der Waals surface area contributed by atoms with E-state index >= 15 is 0 Å². The molecule has 6 nitrogen and oxygen atoms in total. The number of nitrogens with zero attached hydrogens (tertiary/aromatic N) is 3. The maximum absolute atomic E-state index is 12.0. The van der Waals surface area contributed by atoms with E-state index in [4.69, 9.17) is 5.26 Å². The third-order valence-corrected chi connectivity index (χ3v) is 3.40. The van der Waals surface area contributed by atoms with Crippen molar-refractivity contribution in [1.29, 1.82) is 5.26 Å². The lowest BCUT2D eigenvalue weighted by Crippen LogP contribution is -2.27. The number of pyridine rings is 1. The van der Waals surface area contributed by atoms with Gasteiger partial charge in [-0.2, -0.15) is 5.26 Å². The zero-order chi connectivity index (χ0) is 17.4.